The molecule has 1 aliphatic heterocycles. The Morgan fingerprint density at radius 1 is 1.22 bits per heavy atom. The van der Waals surface area contributed by atoms with Crippen molar-refractivity contribution in [3.8, 4) is 11.4 Å². The molecule has 2 aromatic rings. The number of aromatic nitrogens is 3. The van der Waals surface area contributed by atoms with Crippen LogP contribution in [-0.2, 0) is 4.74 Å². The number of nitrogens with zero attached hydrogens (tertiary/aromatic N) is 4. The highest BCUT2D eigenvalue weighted by molar-refractivity contribution is 5.62. The van der Waals surface area contributed by atoms with Gasteiger partial charge in [0.15, 0.2) is 5.82 Å². The van der Waals surface area contributed by atoms with E-state index in [4.69, 9.17) is 9.26 Å². The van der Waals surface area contributed by atoms with E-state index in [1.807, 2.05) is 27.0 Å². The second kappa shape index (κ2) is 7.06. The van der Waals surface area contributed by atoms with E-state index in [0.717, 1.165) is 67.8 Å². The third kappa shape index (κ3) is 3.68. The Hall–Kier alpha value is -1.99. The fraction of sp³-hybridized carbons (Fsp3) is 0.562. The van der Waals surface area contributed by atoms with Gasteiger partial charge in [0.25, 0.3) is 0 Å². The Morgan fingerprint density at radius 2 is 2.00 bits per heavy atom. The van der Waals surface area contributed by atoms with Crippen molar-refractivity contribution in [2.75, 3.05) is 44.7 Å². The summed E-state index contributed by atoms with van der Waals surface area (Å²) < 4.78 is 10.6. The molecule has 0 radical (unpaired) electrons. The van der Waals surface area contributed by atoms with Crippen LogP contribution in [0, 0.1) is 20.8 Å². The number of nitrogens with one attached hydrogen (secondary N) is 1. The average Bonchev–Trinajstić information content (AvgIpc) is 2.89. The molecule has 3 rings (SSSR count). The Kier molecular flexibility index (Phi) is 4.88. The van der Waals surface area contributed by atoms with Crippen LogP contribution >= 0.6 is 0 Å². The molecule has 1 saturated heterocycles. The lowest BCUT2D eigenvalue weighted by Crippen LogP contribution is -2.39. The lowest BCUT2D eigenvalue weighted by atomic mass is 10.2. The SMILES string of the molecule is Cc1cnc(-c2c(C)noc2C)nc1NCCN1CCOCC1. The largest absolute Gasteiger partial charge is 0.379 e. The van der Waals surface area contributed by atoms with Gasteiger partial charge in [0, 0.05) is 37.9 Å². The van der Waals surface area contributed by atoms with Crippen molar-refractivity contribution in [1.29, 1.82) is 0 Å². The maximum atomic E-state index is 5.37. The quantitative estimate of drug-likeness (QED) is 0.901. The van der Waals surface area contributed by atoms with Crippen LogP contribution in [0.15, 0.2) is 10.7 Å². The van der Waals surface area contributed by atoms with Gasteiger partial charge >= 0.3 is 0 Å². The van der Waals surface area contributed by atoms with Crippen molar-refractivity contribution in [2.24, 2.45) is 0 Å². The molecule has 0 bridgehead atoms. The predicted molar refractivity (Wildman–Crippen MR) is 87.5 cm³/mol. The minimum absolute atomic E-state index is 0.653. The van der Waals surface area contributed by atoms with Gasteiger partial charge in [0.2, 0.25) is 0 Å². The summed E-state index contributed by atoms with van der Waals surface area (Å²) in [4.78, 5) is 11.5. The van der Waals surface area contributed by atoms with Crippen molar-refractivity contribution in [1.82, 2.24) is 20.0 Å². The number of hydrogen-bond donors (Lipinski definition) is 1. The number of hydrogen-bond acceptors (Lipinski definition) is 7. The molecule has 23 heavy (non-hydrogen) atoms. The normalized spacial score (nSPS) is 15.8. The molecule has 0 unspecified atom stereocenters. The molecule has 0 atom stereocenters. The molecule has 0 aromatic carbocycles. The standard InChI is InChI=1S/C16H23N5O2/c1-11-10-18-16(14-12(2)20-23-13(14)3)19-15(11)17-4-5-21-6-8-22-9-7-21/h10H,4-9H2,1-3H3,(H,17,18,19). The highest BCUT2D eigenvalue weighted by Crippen LogP contribution is 2.25. The van der Waals surface area contributed by atoms with E-state index in [1.165, 1.54) is 0 Å². The first-order valence-corrected chi connectivity index (χ1v) is 7.96. The summed E-state index contributed by atoms with van der Waals surface area (Å²) in [6.07, 6.45) is 1.84. The van der Waals surface area contributed by atoms with Gasteiger partial charge in [-0.15, -0.1) is 0 Å². The molecule has 7 heteroatoms. The zero-order chi connectivity index (χ0) is 16.2. The highest BCUT2D eigenvalue weighted by Gasteiger charge is 2.16. The second-order valence-corrected chi connectivity index (χ2v) is 5.81. The number of aryl methyl sites for hydroxylation is 3. The molecular formula is C16H23N5O2. The van der Waals surface area contributed by atoms with Crippen LogP contribution in [0.1, 0.15) is 17.0 Å². The smallest absolute Gasteiger partial charge is 0.167 e. The van der Waals surface area contributed by atoms with E-state index >= 15 is 0 Å². The maximum Gasteiger partial charge on any atom is 0.167 e. The third-order valence-electron chi connectivity index (χ3n) is 4.05. The van der Waals surface area contributed by atoms with Crippen LogP contribution in [0.3, 0.4) is 0 Å². The number of ether oxygens (including phenoxy) is 1. The first-order valence-electron chi connectivity index (χ1n) is 7.96. The van der Waals surface area contributed by atoms with Crippen LogP contribution in [0.25, 0.3) is 11.4 Å². The number of anilines is 1. The van der Waals surface area contributed by atoms with Crippen LogP contribution < -0.4 is 5.32 Å². The van der Waals surface area contributed by atoms with Gasteiger partial charge in [0.1, 0.15) is 11.6 Å². The Labute approximate surface area is 136 Å². The van der Waals surface area contributed by atoms with Gasteiger partial charge in [-0.1, -0.05) is 5.16 Å². The Bertz CT molecular complexity index is 645. The average molecular weight is 317 g/mol. The van der Waals surface area contributed by atoms with Crippen LogP contribution in [0.2, 0.25) is 0 Å². The monoisotopic (exact) mass is 317 g/mol. The van der Waals surface area contributed by atoms with Gasteiger partial charge in [-0.25, -0.2) is 9.97 Å². The minimum Gasteiger partial charge on any atom is -0.379 e. The summed E-state index contributed by atoms with van der Waals surface area (Å²) in [5, 5.41) is 7.39. The lowest BCUT2D eigenvalue weighted by Gasteiger charge is -2.26. The topological polar surface area (TPSA) is 76.3 Å². The molecule has 3 heterocycles. The van der Waals surface area contributed by atoms with Crippen molar-refractivity contribution in [3.63, 3.8) is 0 Å². The summed E-state index contributed by atoms with van der Waals surface area (Å²) in [6.45, 7) is 11.3. The summed E-state index contributed by atoms with van der Waals surface area (Å²) in [5.41, 5.74) is 2.72. The summed E-state index contributed by atoms with van der Waals surface area (Å²) >= 11 is 0. The van der Waals surface area contributed by atoms with Crippen LogP contribution in [0.4, 0.5) is 5.82 Å². The van der Waals surface area contributed by atoms with Crippen molar-refractivity contribution in [3.05, 3.63) is 23.2 Å². The first-order chi connectivity index (χ1) is 11.1. The van der Waals surface area contributed by atoms with Crippen LogP contribution in [0.5, 0.6) is 0 Å². The molecule has 2 aromatic heterocycles. The molecule has 1 N–H and O–H groups in total. The zero-order valence-corrected chi connectivity index (χ0v) is 13.9. The van der Waals surface area contributed by atoms with Gasteiger partial charge in [-0.3, -0.25) is 4.90 Å². The second-order valence-electron chi connectivity index (χ2n) is 5.81. The summed E-state index contributed by atoms with van der Waals surface area (Å²) in [7, 11) is 0. The van der Waals surface area contributed by atoms with Gasteiger partial charge in [-0.05, 0) is 20.8 Å². The van der Waals surface area contributed by atoms with Crippen molar-refractivity contribution >= 4 is 5.82 Å². The fourth-order valence-corrected chi connectivity index (χ4v) is 2.70. The molecule has 0 amide bonds. The van der Waals surface area contributed by atoms with Gasteiger partial charge in [0.05, 0.1) is 24.5 Å². The zero-order valence-electron chi connectivity index (χ0n) is 13.9. The molecule has 0 spiro atoms. The van der Waals surface area contributed by atoms with Gasteiger partial charge in [-0.2, -0.15) is 0 Å². The van der Waals surface area contributed by atoms with E-state index < -0.39 is 0 Å². The predicted octanol–water partition coefficient (Wildman–Crippen LogP) is 1.80. The lowest BCUT2D eigenvalue weighted by molar-refractivity contribution is 0.0398. The van der Waals surface area contributed by atoms with Crippen molar-refractivity contribution in [2.45, 2.75) is 20.8 Å². The van der Waals surface area contributed by atoms with E-state index in [-0.39, 0.29) is 0 Å². The van der Waals surface area contributed by atoms with E-state index in [9.17, 15) is 0 Å². The first kappa shape index (κ1) is 15.9. The molecular weight excluding hydrogens is 294 g/mol. The Balaban J connectivity index is 1.68. The molecule has 0 saturated carbocycles. The molecule has 0 aliphatic carbocycles. The molecule has 124 valence electrons. The highest BCUT2D eigenvalue weighted by atomic mass is 16.5. The molecule has 1 fully saturated rings. The van der Waals surface area contributed by atoms with Crippen LogP contribution in [-0.4, -0.2) is 59.4 Å². The fourth-order valence-electron chi connectivity index (χ4n) is 2.70. The number of rotatable bonds is 5. The minimum atomic E-state index is 0.653. The third-order valence-corrected chi connectivity index (χ3v) is 4.05. The van der Waals surface area contributed by atoms with Gasteiger partial charge < -0.3 is 14.6 Å². The van der Waals surface area contributed by atoms with E-state index in [0.29, 0.717) is 5.82 Å². The van der Waals surface area contributed by atoms with Crippen molar-refractivity contribution < 1.29 is 9.26 Å². The Morgan fingerprint density at radius 3 is 2.70 bits per heavy atom. The molecule has 1 aliphatic rings. The summed E-state index contributed by atoms with van der Waals surface area (Å²) in [5.74, 6) is 2.26. The number of morpholine rings is 1. The maximum absolute atomic E-state index is 5.37. The van der Waals surface area contributed by atoms with E-state index in [1.54, 1.807) is 0 Å². The summed E-state index contributed by atoms with van der Waals surface area (Å²) in [6, 6.07) is 0. The van der Waals surface area contributed by atoms with E-state index in [2.05, 4.69) is 25.3 Å². The molecule has 7 nitrogen and oxygen atoms in total.